The Morgan fingerprint density at radius 3 is 2.50 bits per heavy atom. The number of alkyl halides is 1. The van der Waals surface area contributed by atoms with Gasteiger partial charge in [-0.2, -0.15) is 4.39 Å². The molecule has 0 radical (unpaired) electrons. The lowest BCUT2D eigenvalue weighted by molar-refractivity contribution is 0.276. The lowest BCUT2D eigenvalue weighted by atomic mass is 9.77. The van der Waals surface area contributed by atoms with Crippen LogP contribution in [0.1, 0.15) is 62.8 Å². The van der Waals surface area contributed by atoms with Crippen LogP contribution in [0.15, 0.2) is 24.8 Å². The fourth-order valence-corrected chi connectivity index (χ4v) is 3.47. The van der Waals surface area contributed by atoms with Gasteiger partial charge in [0.25, 0.3) is 0 Å². The van der Waals surface area contributed by atoms with Crippen molar-refractivity contribution in [3.05, 3.63) is 42.0 Å². The predicted molar refractivity (Wildman–Crippen MR) is 91.2 cm³/mol. The molecule has 0 aromatic heterocycles. The molecule has 1 aromatic carbocycles. The molecule has 0 spiro atoms. The minimum Gasteiger partial charge on any atom is -0.490 e. The van der Waals surface area contributed by atoms with E-state index in [0.717, 1.165) is 38.5 Å². The van der Waals surface area contributed by atoms with Gasteiger partial charge < -0.3 is 4.74 Å². The average molecular weight is 340 g/mol. The number of ether oxygens (including phenoxy) is 1. The Labute approximate surface area is 142 Å². The molecular weight excluding hydrogens is 313 g/mol. The van der Waals surface area contributed by atoms with Gasteiger partial charge in [-0.15, -0.1) is 6.58 Å². The summed E-state index contributed by atoms with van der Waals surface area (Å²) in [6.45, 7) is 3.53. The van der Waals surface area contributed by atoms with Crippen LogP contribution in [0.2, 0.25) is 0 Å². The van der Waals surface area contributed by atoms with Crippen molar-refractivity contribution in [1.29, 1.82) is 0 Å². The number of unbranched alkanes of at least 4 members (excludes halogenated alkanes) is 1. The molecule has 1 nitrogen and oxygen atoms in total. The molecule has 1 aliphatic carbocycles. The van der Waals surface area contributed by atoms with E-state index >= 15 is 0 Å². The van der Waals surface area contributed by atoms with Crippen molar-refractivity contribution < 1.29 is 17.9 Å². The van der Waals surface area contributed by atoms with Gasteiger partial charge in [0, 0.05) is 0 Å². The third-order valence-electron chi connectivity index (χ3n) is 4.93. The normalized spacial score (nSPS) is 20.8. The molecule has 0 atom stereocenters. The topological polar surface area (TPSA) is 9.23 Å². The van der Waals surface area contributed by atoms with Crippen LogP contribution in [0.3, 0.4) is 0 Å². The first kappa shape index (κ1) is 18.9. The molecule has 0 unspecified atom stereocenters. The van der Waals surface area contributed by atoms with Crippen LogP contribution < -0.4 is 4.74 Å². The van der Waals surface area contributed by atoms with E-state index in [4.69, 9.17) is 4.74 Å². The number of rotatable bonds is 9. The van der Waals surface area contributed by atoms with E-state index in [1.165, 1.54) is 6.07 Å². The Morgan fingerprint density at radius 1 is 1.08 bits per heavy atom. The molecule has 0 N–H and O–H groups in total. The summed E-state index contributed by atoms with van der Waals surface area (Å²) in [5.41, 5.74) is 0.464. The van der Waals surface area contributed by atoms with Crippen molar-refractivity contribution in [2.75, 3.05) is 13.3 Å². The Morgan fingerprint density at radius 2 is 1.83 bits per heavy atom. The second-order valence-electron chi connectivity index (χ2n) is 6.61. The van der Waals surface area contributed by atoms with Gasteiger partial charge in [-0.05, 0) is 74.8 Å². The van der Waals surface area contributed by atoms with Crippen LogP contribution >= 0.6 is 0 Å². The molecular formula is C20H27F3O. The zero-order valence-electron chi connectivity index (χ0n) is 14.2. The lowest BCUT2D eigenvalue weighted by Gasteiger charge is -2.29. The second kappa shape index (κ2) is 9.75. The second-order valence-corrected chi connectivity index (χ2v) is 6.61. The van der Waals surface area contributed by atoms with E-state index in [0.29, 0.717) is 24.3 Å². The minimum atomic E-state index is -0.915. The van der Waals surface area contributed by atoms with Crippen molar-refractivity contribution in [3.63, 3.8) is 0 Å². The summed E-state index contributed by atoms with van der Waals surface area (Å²) in [5, 5.41) is 0. The van der Waals surface area contributed by atoms with Crippen LogP contribution in [-0.4, -0.2) is 13.3 Å². The van der Waals surface area contributed by atoms with Crippen LogP contribution in [0.4, 0.5) is 13.2 Å². The molecule has 0 saturated heterocycles. The van der Waals surface area contributed by atoms with Gasteiger partial charge in [0.15, 0.2) is 11.6 Å². The van der Waals surface area contributed by atoms with Crippen molar-refractivity contribution in [1.82, 2.24) is 0 Å². The van der Waals surface area contributed by atoms with E-state index in [1.54, 1.807) is 6.07 Å². The first-order chi connectivity index (χ1) is 11.7. The van der Waals surface area contributed by atoms with Crippen LogP contribution in [0.25, 0.3) is 0 Å². The minimum absolute atomic E-state index is 0.0743. The fourth-order valence-electron chi connectivity index (χ4n) is 3.47. The molecule has 24 heavy (non-hydrogen) atoms. The quantitative estimate of drug-likeness (QED) is 0.377. The standard InChI is InChI=1S/C20H27F3O/c1-2-3-6-15-7-9-16(10-8-15)17-11-12-18(20(23)19(17)22)24-14-5-4-13-21/h2,11-12,15-16H,1,3-10,13-14H2. The lowest BCUT2D eigenvalue weighted by Crippen LogP contribution is -2.15. The maximum Gasteiger partial charge on any atom is 0.200 e. The van der Waals surface area contributed by atoms with E-state index < -0.39 is 18.3 Å². The third kappa shape index (κ3) is 5.02. The summed E-state index contributed by atoms with van der Waals surface area (Å²) in [5.74, 6) is -1.02. The zero-order valence-corrected chi connectivity index (χ0v) is 14.2. The molecule has 0 amide bonds. The number of hydrogen-bond donors (Lipinski definition) is 0. The molecule has 1 aliphatic rings. The smallest absolute Gasteiger partial charge is 0.200 e. The van der Waals surface area contributed by atoms with Gasteiger partial charge in [0.2, 0.25) is 5.82 Å². The van der Waals surface area contributed by atoms with Gasteiger partial charge in [-0.3, -0.25) is 4.39 Å². The van der Waals surface area contributed by atoms with Crippen LogP contribution in [0, 0.1) is 17.6 Å². The van der Waals surface area contributed by atoms with Gasteiger partial charge in [-0.1, -0.05) is 12.1 Å². The van der Waals surface area contributed by atoms with E-state index in [9.17, 15) is 13.2 Å². The maximum absolute atomic E-state index is 14.4. The largest absolute Gasteiger partial charge is 0.490 e. The average Bonchev–Trinajstić information content (AvgIpc) is 2.61. The summed E-state index contributed by atoms with van der Waals surface area (Å²) in [4.78, 5) is 0. The van der Waals surface area contributed by atoms with E-state index in [1.807, 2.05) is 6.08 Å². The number of benzene rings is 1. The van der Waals surface area contributed by atoms with Gasteiger partial charge >= 0.3 is 0 Å². The monoisotopic (exact) mass is 340 g/mol. The number of hydrogen-bond acceptors (Lipinski definition) is 1. The van der Waals surface area contributed by atoms with E-state index in [-0.39, 0.29) is 18.3 Å². The first-order valence-corrected chi connectivity index (χ1v) is 8.95. The highest BCUT2D eigenvalue weighted by molar-refractivity contribution is 5.33. The molecule has 1 saturated carbocycles. The summed E-state index contributed by atoms with van der Waals surface area (Å²) < 4.78 is 45.8. The molecule has 0 heterocycles. The zero-order chi connectivity index (χ0) is 17.4. The Balaban J connectivity index is 1.94. The molecule has 4 heteroatoms. The van der Waals surface area contributed by atoms with Crippen LogP contribution in [0.5, 0.6) is 5.75 Å². The SMILES string of the molecule is C=CCCC1CCC(c2ccc(OCCCCF)c(F)c2F)CC1. The highest BCUT2D eigenvalue weighted by Gasteiger charge is 2.26. The fraction of sp³-hybridized carbons (Fsp3) is 0.600. The third-order valence-corrected chi connectivity index (χ3v) is 4.93. The number of allylic oxidation sites excluding steroid dienone is 1. The van der Waals surface area contributed by atoms with Gasteiger partial charge in [-0.25, -0.2) is 4.39 Å². The predicted octanol–water partition coefficient (Wildman–Crippen LogP) is 6.33. The Hall–Kier alpha value is -1.45. The molecule has 2 rings (SSSR count). The highest BCUT2D eigenvalue weighted by Crippen LogP contribution is 2.39. The van der Waals surface area contributed by atoms with Crippen molar-refractivity contribution >= 4 is 0 Å². The summed E-state index contributed by atoms with van der Waals surface area (Å²) in [6, 6.07) is 3.16. The number of halogens is 3. The summed E-state index contributed by atoms with van der Waals surface area (Å²) in [6.07, 6.45) is 8.87. The molecule has 134 valence electrons. The van der Waals surface area contributed by atoms with Gasteiger partial charge in [0.05, 0.1) is 13.3 Å². The summed E-state index contributed by atoms with van der Waals surface area (Å²) >= 11 is 0. The molecule has 1 aromatic rings. The van der Waals surface area contributed by atoms with Gasteiger partial charge in [0.1, 0.15) is 0 Å². The Kier molecular flexibility index (Phi) is 7.67. The molecule has 0 aliphatic heterocycles. The highest BCUT2D eigenvalue weighted by atomic mass is 19.2. The maximum atomic E-state index is 14.4. The van der Waals surface area contributed by atoms with Crippen molar-refractivity contribution in [2.24, 2.45) is 5.92 Å². The molecule has 0 bridgehead atoms. The van der Waals surface area contributed by atoms with E-state index in [2.05, 4.69) is 6.58 Å². The molecule has 1 fully saturated rings. The Bertz CT molecular complexity index is 522. The van der Waals surface area contributed by atoms with Crippen LogP contribution in [-0.2, 0) is 0 Å². The van der Waals surface area contributed by atoms with Crippen molar-refractivity contribution in [2.45, 2.75) is 57.3 Å². The first-order valence-electron chi connectivity index (χ1n) is 8.95. The summed E-state index contributed by atoms with van der Waals surface area (Å²) in [7, 11) is 0. The van der Waals surface area contributed by atoms with Crippen molar-refractivity contribution in [3.8, 4) is 5.75 Å².